The van der Waals surface area contributed by atoms with Crippen molar-refractivity contribution in [1.82, 2.24) is 10.3 Å². The summed E-state index contributed by atoms with van der Waals surface area (Å²) >= 11 is 7.05. The molecule has 0 bridgehead atoms. The van der Waals surface area contributed by atoms with E-state index in [4.69, 9.17) is 16.7 Å². The number of pyridine rings is 1. The second kappa shape index (κ2) is 5.81. The van der Waals surface area contributed by atoms with E-state index in [1.165, 1.54) is 23.6 Å². The van der Waals surface area contributed by atoms with Gasteiger partial charge in [0.05, 0.1) is 5.56 Å². The molecule has 2 rings (SSSR count). The topological polar surface area (TPSA) is 79.3 Å². The number of amides is 1. The van der Waals surface area contributed by atoms with Gasteiger partial charge in [0, 0.05) is 11.1 Å². The van der Waals surface area contributed by atoms with Crippen LogP contribution in [-0.4, -0.2) is 22.0 Å². The highest BCUT2D eigenvalue weighted by Gasteiger charge is 2.24. The van der Waals surface area contributed by atoms with Crippen LogP contribution in [0.25, 0.3) is 0 Å². The predicted molar refractivity (Wildman–Crippen MR) is 71.4 cm³/mol. The molecule has 0 aliphatic carbocycles. The van der Waals surface area contributed by atoms with Crippen molar-refractivity contribution < 1.29 is 14.7 Å². The summed E-state index contributed by atoms with van der Waals surface area (Å²) in [7, 11) is 0. The molecule has 0 aromatic carbocycles. The minimum atomic E-state index is -1.13. The molecular weight excluding hydrogens is 288 g/mol. The zero-order valence-electron chi connectivity index (χ0n) is 9.54. The molecule has 1 amide bonds. The number of carboxylic acids is 1. The number of aromatic nitrogens is 1. The number of hydrogen-bond acceptors (Lipinski definition) is 4. The molecule has 0 aliphatic heterocycles. The summed E-state index contributed by atoms with van der Waals surface area (Å²) in [5, 5.41) is 13.4. The molecule has 2 aromatic rings. The second-order valence-electron chi connectivity index (χ2n) is 3.60. The minimum Gasteiger partial charge on any atom is -0.479 e. The number of halogens is 1. The highest BCUT2D eigenvalue weighted by molar-refractivity contribution is 7.10. The maximum Gasteiger partial charge on any atom is 0.331 e. The van der Waals surface area contributed by atoms with Crippen molar-refractivity contribution in [3.63, 3.8) is 0 Å². The highest BCUT2D eigenvalue weighted by atomic mass is 35.5. The van der Waals surface area contributed by atoms with Crippen molar-refractivity contribution in [2.75, 3.05) is 0 Å². The van der Waals surface area contributed by atoms with Gasteiger partial charge < -0.3 is 10.4 Å². The highest BCUT2D eigenvalue weighted by Crippen LogP contribution is 2.20. The van der Waals surface area contributed by atoms with Crippen LogP contribution in [0.4, 0.5) is 0 Å². The van der Waals surface area contributed by atoms with E-state index in [0.717, 1.165) is 0 Å². The van der Waals surface area contributed by atoms with E-state index >= 15 is 0 Å². The number of aliphatic carboxylic acids is 1. The van der Waals surface area contributed by atoms with Gasteiger partial charge in [-0.2, -0.15) is 0 Å². The zero-order chi connectivity index (χ0) is 13.8. The van der Waals surface area contributed by atoms with Crippen molar-refractivity contribution in [3.8, 4) is 0 Å². The third-order valence-corrected chi connectivity index (χ3v) is 3.59. The molecular formula is C12H9ClN2O3S. The first-order valence-electron chi connectivity index (χ1n) is 5.27. The Morgan fingerprint density at radius 3 is 2.74 bits per heavy atom. The van der Waals surface area contributed by atoms with Crippen LogP contribution in [0.2, 0.25) is 5.15 Å². The maximum atomic E-state index is 12.0. The summed E-state index contributed by atoms with van der Waals surface area (Å²) in [4.78, 5) is 27.5. The first-order chi connectivity index (χ1) is 9.09. The molecule has 0 saturated heterocycles. The van der Waals surface area contributed by atoms with Crippen LogP contribution < -0.4 is 5.32 Å². The maximum absolute atomic E-state index is 12.0. The number of thiophene rings is 1. The Morgan fingerprint density at radius 2 is 2.16 bits per heavy atom. The summed E-state index contributed by atoms with van der Waals surface area (Å²) in [5.74, 6) is -1.70. The van der Waals surface area contributed by atoms with E-state index in [1.54, 1.807) is 23.6 Å². The van der Waals surface area contributed by atoms with Gasteiger partial charge in [-0.15, -0.1) is 11.3 Å². The molecule has 7 heteroatoms. The van der Waals surface area contributed by atoms with Gasteiger partial charge in [0.1, 0.15) is 5.15 Å². The molecule has 0 radical (unpaired) electrons. The van der Waals surface area contributed by atoms with Crippen LogP contribution >= 0.6 is 22.9 Å². The molecule has 1 atom stereocenters. The van der Waals surface area contributed by atoms with Gasteiger partial charge in [0.2, 0.25) is 0 Å². The molecule has 1 unspecified atom stereocenters. The van der Waals surface area contributed by atoms with Gasteiger partial charge in [-0.3, -0.25) is 4.79 Å². The Kier molecular flexibility index (Phi) is 4.13. The Balaban J connectivity index is 2.21. The van der Waals surface area contributed by atoms with Gasteiger partial charge in [0.25, 0.3) is 5.91 Å². The quantitative estimate of drug-likeness (QED) is 0.849. The van der Waals surface area contributed by atoms with E-state index in [0.29, 0.717) is 4.88 Å². The van der Waals surface area contributed by atoms with Crippen molar-refractivity contribution >= 4 is 34.8 Å². The van der Waals surface area contributed by atoms with E-state index in [9.17, 15) is 9.59 Å². The number of carbonyl (C=O) groups excluding carboxylic acids is 1. The fourth-order valence-corrected chi connectivity index (χ4v) is 2.45. The van der Waals surface area contributed by atoms with Gasteiger partial charge in [-0.05, 0) is 23.6 Å². The van der Waals surface area contributed by atoms with Crippen LogP contribution in [0.15, 0.2) is 35.8 Å². The Bertz CT molecular complexity index is 601. The predicted octanol–water partition coefficient (Wildman–Crippen LogP) is 2.35. The van der Waals surface area contributed by atoms with Crippen LogP contribution in [0, 0.1) is 0 Å². The lowest BCUT2D eigenvalue weighted by molar-refractivity contribution is -0.139. The molecule has 2 heterocycles. The van der Waals surface area contributed by atoms with Gasteiger partial charge in [-0.25, -0.2) is 9.78 Å². The molecule has 2 aromatic heterocycles. The molecule has 19 heavy (non-hydrogen) atoms. The largest absolute Gasteiger partial charge is 0.479 e. The summed E-state index contributed by atoms with van der Waals surface area (Å²) < 4.78 is 0. The third-order valence-electron chi connectivity index (χ3n) is 2.35. The summed E-state index contributed by atoms with van der Waals surface area (Å²) in [6.45, 7) is 0. The smallest absolute Gasteiger partial charge is 0.331 e. The number of carboxylic acid groups (broad SMARTS) is 1. The van der Waals surface area contributed by atoms with Gasteiger partial charge >= 0.3 is 5.97 Å². The van der Waals surface area contributed by atoms with Crippen LogP contribution in [0.5, 0.6) is 0 Å². The Hall–Kier alpha value is -1.92. The van der Waals surface area contributed by atoms with E-state index in [-0.39, 0.29) is 10.7 Å². The normalized spacial score (nSPS) is 11.8. The first-order valence-corrected chi connectivity index (χ1v) is 6.53. The number of nitrogens with one attached hydrogen (secondary N) is 1. The lowest BCUT2D eigenvalue weighted by Gasteiger charge is -2.13. The van der Waals surface area contributed by atoms with Crippen LogP contribution in [0.3, 0.4) is 0 Å². The zero-order valence-corrected chi connectivity index (χ0v) is 11.1. The minimum absolute atomic E-state index is 0.0373. The van der Waals surface area contributed by atoms with Gasteiger partial charge in [-0.1, -0.05) is 17.7 Å². The molecule has 0 aliphatic rings. The lowest BCUT2D eigenvalue weighted by Crippen LogP contribution is -2.33. The Morgan fingerprint density at radius 1 is 1.37 bits per heavy atom. The molecule has 0 fully saturated rings. The average Bonchev–Trinajstić information content (AvgIpc) is 2.89. The Labute approximate surface area is 117 Å². The van der Waals surface area contributed by atoms with Crippen molar-refractivity contribution in [1.29, 1.82) is 0 Å². The second-order valence-corrected chi connectivity index (χ2v) is 4.94. The number of hydrogen-bond donors (Lipinski definition) is 2. The van der Waals surface area contributed by atoms with Crippen molar-refractivity contribution in [2.24, 2.45) is 0 Å². The van der Waals surface area contributed by atoms with Crippen LogP contribution in [0.1, 0.15) is 21.3 Å². The van der Waals surface area contributed by atoms with E-state index < -0.39 is 17.9 Å². The third kappa shape index (κ3) is 3.10. The monoisotopic (exact) mass is 296 g/mol. The number of nitrogens with zero attached hydrogens (tertiary/aromatic N) is 1. The standard InChI is InChI=1S/C12H9ClN2O3S/c13-10-7(3-1-5-14-10)11(16)15-9(12(17)18)8-4-2-6-19-8/h1-6,9H,(H,15,16)(H,17,18). The average molecular weight is 297 g/mol. The fourth-order valence-electron chi connectivity index (χ4n) is 1.47. The van der Waals surface area contributed by atoms with E-state index in [1.807, 2.05) is 0 Å². The summed E-state index contributed by atoms with van der Waals surface area (Å²) in [6.07, 6.45) is 1.45. The molecule has 0 spiro atoms. The SMILES string of the molecule is O=C(NC(C(=O)O)c1cccs1)c1cccnc1Cl. The lowest BCUT2D eigenvalue weighted by atomic mass is 10.2. The van der Waals surface area contributed by atoms with E-state index in [2.05, 4.69) is 10.3 Å². The fraction of sp³-hybridized carbons (Fsp3) is 0.0833. The summed E-state index contributed by atoms with van der Waals surface area (Å²) in [6, 6.07) is 5.32. The first kappa shape index (κ1) is 13.5. The number of rotatable bonds is 4. The van der Waals surface area contributed by atoms with Crippen molar-refractivity contribution in [2.45, 2.75) is 6.04 Å². The molecule has 2 N–H and O–H groups in total. The van der Waals surface area contributed by atoms with Crippen molar-refractivity contribution in [3.05, 3.63) is 51.4 Å². The molecule has 0 saturated carbocycles. The molecule has 98 valence electrons. The number of carbonyl (C=O) groups is 2. The van der Waals surface area contributed by atoms with Gasteiger partial charge in [0.15, 0.2) is 6.04 Å². The molecule has 5 nitrogen and oxygen atoms in total. The van der Waals surface area contributed by atoms with Crippen LogP contribution in [-0.2, 0) is 4.79 Å². The summed E-state index contributed by atoms with van der Waals surface area (Å²) in [5.41, 5.74) is 0.145.